The van der Waals surface area contributed by atoms with Crippen molar-refractivity contribution in [2.24, 2.45) is 11.8 Å². The van der Waals surface area contributed by atoms with Crippen molar-refractivity contribution in [3.8, 4) is 0 Å². The van der Waals surface area contributed by atoms with Crippen molar-refractivity contribution in [3.63, 3.8) is 0 Å². The maximum Gasteiger partial charge on any atom is 0.174 e. The highest BCUT2D eigenvalue weighted by Crippen LogP contribution is 2.60. The van der Waals surface area contributed by atoms with Gasteiger partial charge in [0, 0.05) is 11.8 Å². The molecule has 2 fully saturated rings. The van der Waals surface area contributed by atoms with Gasteiger partial charge >= 0.3 is 0 Å². The monoisotopic (exact) mass is 212 g/mol. The third-order valence-electron chi connectivity index (χ3n) is 3.96. The molecule has 2 unspecified atom stereocenters. The Labute approximate surface area is 93.3 Å². The molecule has 1 saturated carbocycles. The zero-order valence-electron chi connectivity index (χ0n) is 10.1. The second kappa shape index (κ2) is 4.84. The van der Waals surface area contributed by atoms with E-state index >= 15 is 0 Å². The Morgan fingerprint density at radius 2 is 1.73 bits per heavy atom. The van der Waals surface area contributed by atoms with E-state index in [2.05, 4.69) is 13.8 Å². The summed E-state index contributed by atoms with van der Waals surface area (Å²) < 4.78 is 11.6. The van der Waals surface area contributed by atoms with Crippen LogP contribution in [-0.4, -0.2) is 19.0 Å². The zero-order valence-corrected chi connectivity index (χ0v) is 10.1. The molecule has 1 heterocycles. The van der Waals surface area contributed by atoms with Gasteiger partial charge in [-0.15, -0.1) is 0 Å². The fourth-order valence-corrected chi connectivity index (χ4v) is 3.11. The van der Waals surface area contributed by atoms with Gasteiger partial charge in [-0.25, -0.2) is 0 Å². The van der Waals surface area contributed by atoms with Crippen LogP contribution in [0.25, 0.3) is 0 Å². The second-order valence-electron chi connectivity index (χ2n) is 4.89. The van der Waals surface area contributed by atoms with E-state index in [0.717, 1.165) is 13.2 Å². The van der Waals surface area contributed by atoms with E-state index < -0.39 is 0 Å². The number of hydrogen-bond donors (Lipinski definition) is 0. The number of ether oxygens (including phenoxy) is 2. The fraction of sp³-hybridized carbons (Fsp3) is 1.00. The van der Waals surface area contributed by atoms with E-state index in [9.17, 15) is 0 Å². The van der Waals surface area contributed by atoms with Crippen LogP contribution in [-0.2, 0) is 9.47 Å². The third kappa shape index (κ3) is 2.07. The maximum atomic E-state index is 5.80. The highest BCUT2D eigenvalue weighted by Gasteiger charge is 2.67. The van der Waals surface area contributed by atoms with Crippen molar-refractivity contribution in [3.05, 3.63) is 0 Å². The summed E-state index contributed by atoms with van der Waals surface area (Å²) in [6.07, 6.45) is 7.93. The van der Waals surface area contributed by atoms with Gasteiger partial charge in [-0.1, -0.05) is 39.5 Å². The summed E-state index contributed by atoms with van der Waals surface area (Å²) in [5.41, 5.74) is 0. The predicted molar refractivity (Wildman–Crippen MR) is 60.7 cm³/mol. The van der Waals surface area contributed by atoms with Gasteiger partial charge in [0.1, 0.15) is 0 Å². The highest BCUT2D eigenvalue weighted by molar-refractivity contribution is 5.07. The average Bonchev–Trinajstić information content (AvgIpc) is 2.60. The van der Waals surface area contributed by atoms with Gasteiger partial charge < -0.3 is 9.47 Å². The molecular formula is C13H24O2. The van der Waals surface area contributed by atoms with Gasteiger partial charge in [0.2, 0.25) is 0 Å². The molecule has 2 aliphatic rings. The van der Waals surface area contributed by atoms with E-state index in [1.807, 2.05) is 0 Å². The number of hydrogen-bond acceptors (Lipinski definition) is 2. The minimum absolute atomic E-state index is 0.124. The summed E-state index contributed by atoms with van der Waals surface area (Å²) >= 11 is 0. The minimum Gasteiger partial charge on any atom is -0.347 e. The van der Waals surface area contributed by atoms with E-state index in [1.54, 1.807) is 0 Å². The van der Waals surface area contributed by atoms with Crippen LogP contribution in [0.1, 0.15) is 52.4 Å². The van der Waals surface area contributed by atoms with Crippen LogP contribution in [0.15, 0.2) is 0 Å². The van der Waals surface area contributed by atoms with E-state index in [1.165, 1.54) is 38.5 Å². The van der Waals surface area contributed by atoms with Crippen LogP contribution in [0.4, 0.5) is 0 Å². The Morgan fingerprint density at radius 1 is 1.00 bits per heavy atom. The molecule has 2 heteroatoms. The predicted octanol–water partition coefficient (Wildman–Crippen LogP) is 3.36. The van der Waals surface area contributed by atoms with Gasteiger partial charge in [-0.05, 0) is 12.8 Å². The first kappa shape index (κ1) is 11.4. The van der Waals surface area contributed by atoms with Crippen molar-refractivity contribution in [2.75, 3.05) is 13.2 Å². The molecule has 1 aliphatic carbocycles. The van der Waals surface area contributed by atoms with Crippen molar-refractivity contribution >= 4 is 0 Å². The molecule has 2 rings (SSSR count). The summed E-state index contributed by atoms with van der Waals surface area (Å²) in [6, 6.07) is 0. The topological polar surface area (TPSA) is 18.5 Å². The highest BCUT2D eigenvalue weighted by atomic mass is 16.7. The summed E-state index contributed by atoms with van der Waals surface area (Å²) in [7, 11) is 0. The Morgan fingerprint density at radius 3 is 2.33 bits per heavy atom. The number of unbranched alkanes of at least 4 members (excludes halogenated alkanes) is 3. The number of rotatable bonds is 6. The van der Waals surface area contributed by atoms with Crippen molar-refractivity contribution in [2.45, 2.75) is 58.2 Å². The molecule has 0 radical (unpaired) electrons. The van der Waals surface area contributed by atoms with E-state index in [4.69, 9.17) is 9.47 Å². The third-order valence-corrected chi connectivity index (χ3v) is 3.96. The van der Waals surface area contributed by atoms with Gasteiger partial charge in [0.15, 0.2) is 5.79 Å². The largest absolute Gasteiger partial charge is 0.347 e. The summed E-state index contributed by atoms with van der Waals surface area (Å²) in [5.74, 6) is 1.25. The molecule has 2 nitrogen and oxygen atoms in total. The average molecular weight is 212 g/mol. The van der Waals surface area contributed by atoms with Gasteiger partial charge in [-0.3, -0.25) is 0 Å². The quantitative estimate of drug-likeness (QED) is 0.629. The lowest BCUT2D eigenvalue weighted by Crippen LogP contribution is -2.14. The molecule has 0 bridgehead atoms. The van der Waals surface area contributed by atoms with Crippen LogP contribution in [0.2, 0.25) is 0 Å². The van der Waals surface area contributed by atoms with E-state index in [0.29, 0.717) is 11.8 Å². The molecule has 2 atom stereocenters. The van der Waals surface area contributed by atoms with E-state index in [-0.39, 0.29) is 5.79 Å². The Kier molecular flexibility index (Phi) is 3.68. The fourth-order valence-electron chi connectivity index (χ4n) is 3.11. The van der Waals surface area contributed by atoms with Crippen molar-refractivity contribution in [1.29, 1.82) is 0 Å². The van der Waals surface area contributed by atoms with Crippen LogP contribution >= 0.6 is 0 Å². The Bertz CT molecular complexity index is 197. The summed E-state index contributed by atoms with van der Waals surface area (Å²) in [4.78, 5) is 0. The second-order valence-corrected chi connectivity index (χ2v) is 4.89. The van der Waals surface area contributed by atoms with Crippen LogP contribution in [0.3, 0.4) is 0 Å². The van der Waals surface area contributed by atoms with Gasteiger partial charge in [0.25, 0.3) is 0 Å². The summed E-state index contributed by atoms with van der Waals surface area (Å²) in [5, 5.41) is 0. The Balaban J connectivity index is 1.73. The lowest BCUT2D eigenvalue weighted by molar-refractivity contribution is -0.0938. The smallest absolute Gasteiger partial charge is 0.174 e. The molecule has 1 saturated heterocycles. The lowest BCUT2D eigenvalue weighted by Gasteiger charge is -2.08. The first-order valence-corrected chi connectivity index (χ1v) is 6.63. The standard InChI is InChI=1S/C13H24O2/c1-3-5-6-7-8-12-11(4-2)13(12)14-9-10-15-13/h11-12H,3-10H2,1-2H3. The molecule has 15 heavy (non-hydrogen) atoms. The minimum atomic E-state index is -0.124. The molecule has 1 spiro atoms. The molecule has 0 N–H and O–H groups in total. The first-order chi connectivity index (χ1) is 7.35. The Hall–Kier alpha value is -0.0800. The maximum absolute atomic E-state index is 5.80. The normalized spacial score (nSPS) is 32.4. The van der Waals surface area contributed by atoms with Gasteiger partial charge in [0.05, 0.1) is 13.2 Å². The molecule has 0 aromatic heterocycles. The molecule has 0 amide bonds. The zero-order chi connectivity index (χ0) is 10.7. The van der Waals surface area contributed by atoms with Crippen LogP contribution in [0, 0.1) is 11.8 Å². The molecular weight excluding hydrogens is 188 g/mol. The molecule has 1 aliphatic heterocycles. The molecule has 88 valence electrons. The first-order valence-electron chi connectivity index (χ1n) is 6.63. The van der Waals surface area contributed by atoms with Crippen LogP contribution in [0.5, 0.6) is 0 Å². The molecule has 0 aromatic carbocycles. The van der Waals surface area contributed by atoms with Crippen molar-refractivity contribution in [1.82, 2.24) is 0 Å². The lowest BCUT2D eigenvalue weighted by atomic mass is 10.1. The van der Waals surface area contributed by atoms with Gasteiger partial charge in [-0.2, -0.15) is 0 Å². The molecule has 0 aromatic rings. The summed E-state index contributed by atoms with van der Waals surface area (Å²) in [6.45, 7) is 6.13. The SMILES string of the molecule is CCCCCCC1C(CC)C12OCCO2. The van der Waals surface area contributed by atoms with Crippen molar-refractivity contribution < 1.29 is 9.47 Å². The van der Waals surface area contributed by atoms with Crippen LogP contribution < -0.4 is 0 Å².